The maximum atomic E-state index is 12.6. The molecule has 9 heteroatoms. The van der Waals surface area contributed by atoms with E-state index in [1.165, 1.54) is 0 Å². The summed E-state index contributed by atoms with van der Waals surface area (Å²) in [5.74, 6) is 2.03. The minimum atomic E-state index is -3.12. The van der Waals surface area contributed by atoms with Crippen LogP contribution >= 0.6 is 0 Å². The largest absolute Gasteiger partial charge is 0.345 e. The van der Waals surface area contributed by atoms with Crippen molar-refractivity contribution in [2.75, 3.05) is 18.8 Å². The van der Waals surface area contributed by atoms with Crippen LogP contribution in [-0.2, 0) is 10.0 Å². The summed E-state index contributed by atoms with van der Waals surface area (Å²) in [7, 11) is -3.12. The molecule has 5 rings (SSSR count). The second kappa shape index (κ2) is 6.27. The first-order chi connectivity index (χ1) is 13.1. The van der Waals surface area contributed by atoms with E-state index < -0.39 is 10.0 Å². The first-order valence-corrected chi connectivity index (χ1v) is 11.3. The number of H-pyrrole nitrogens is 1. The van der Waals surface area contributed by atoms with Crippen LogP contribution in [0, 0.1) is 11.8 Å². The van der Waals surface area contributed by atoms with Gasteiger partial charge in [-0.25, -0.2) is 17.7 Å². The average molecular weight is 388 g/mol. The number of rotatable bonds is 5. The SMILES string of the molecule is CC[C@@H]1C[C@H](CS(=O)(=O)N2CCC2)CC1c1nnc2cnc3[nH]ccc3n12. The lowest BCUT2D eigenvalue weighted by atomic mass is 9.93. The van der Waals surface area contributed by atoms with Crippen molar-refractivity contribution in [1.29, 1.82) is 0 Å². The van der Waals surface area contributed by atoms with Crippen LogP contribution in [0.15, 0.2) is 18.5 Å². The maximum Gasteiger partial charge on any atom is 0.214 e. The highest BCUT2D eigenvalue weighted by molar-refractivity contribution is 7.89. The predicted molar refractivity (Wildman–Crippen MR) is 102 cm³/mol. The van der Waals surface area contributed by atoms with Crippen molar-refractivity contribution in [3.63, 3.8) is 0 Å². The van der Waals surface area contributed by atoms with Crippen LogP contribution in [0.1, 0.15) is 44.3 Å². The molecule has 1 saturated heterocycles. The summed E-state index contributed by atoms with van der Waals surface area (Å²) in [6, 6.07) is 1.99. The van der Waals surface area contributed by atoms with Crippen LogP contribution in [0.3, 0.4) is 0 Å². The molecular formula is C18H24N6O2S. The van der Waals surface area contributed by atoms with E-state index in [-0.39, 0.29) is 17.6 Å². The molecule has 2 aliphatic rings. The van der Waals surface area contributed by atoms with E-state index in [4.69, 9.17) is 0 Å². The number of sulfonamides is 1. The van der Waals surface area contributed by atoms with Gasteiger partial charge in [0.2, 0.25) is 10.0 Å². The van der Waals surface area contributed by atoms with Gasteiger partial charge in [-0.15, -0.1) is 10.2 Å². The predicted octanol–water partition coefficient (Wildman–Crippen LogP) is 2.16. The Morgan fingerprint density at radius 1 is 1.26 bits per heavy atom. The lowest BCUT2D eigenvalue weighted by molar-refractivity contribution is 0.306. The molecule has 0 bridgehead atoms. The number of nitrogens with zero attached hydrogens (tertiary/aromatic N) is 5. The van der Waals surface area contributed by atoms with E-state index >= 15 is 0 Å². The Kier molecular flexibility index (Phi) is 3.98. The minimum absolute atomic E-state index is 0.182. The number of nitrogens with one attached hydrogen (secondary N) is 1. The van der Waals surface area contributed by atoms with Gasteiger partial charge in [0.05, 0.1) is 17.5 Å². The van der Waals surface area contributed by atoms with Crippen molar-refractivity contribution in [2.45, 2.75) is 38.5 Å². The van der Waals surface area contributed by atoms with Crippen LogP contribution in [0.2, 0.25) is 0 Å². The Bertz CT molecular complexity index is 1080. The summed E-state index contributed by atoms with van der Waals surface area (Å²) < 4.78 is 28.9. The van der Waals surface area contributed by atoms with Crippen LogP contribution < -0.4 is 0 Å². The first kappa shape index (κ1) is 17.1. The zero-order valence-electron chi connectivity index (χ0n) is 15.4. The summed E-state index contributed by atoms with van der Waals surface area (Å²) in [4.78, 5) is 7.52. The van der Waals surface area contributed by atoms with E-state index in [2.05, 4.69) is 31.5 Å². The molecule has 8 nitrogen and oxygen atoms in total. The number of hydrogen-bond acceptors (Lipinski definition) is 5. The molecule has 3 atom stereocenters. The van der Waals surface area contributed by atoms with Crippen LogP contribution in [0.5, 0.6) is 0 Å². The van der Waals surface area contributed by atoms with Gasteiger partial charge in [-0.05, 0) is 37.2 Å². The van der Waals surface area contributed by atoms with Crippen molar-refractivity contribution in [2.24, 2.45) is 11.8 Å². The summed E-state index contributed by atoms with van der Waals surface area (Å²) in [6.45, 7) is 3.55. The molecule has 0 amide bonds. The van der Waals surface area contributed by atoms with Crippen molar-refractivity contribution in [3.8, 4) is 0 Å². The van der Waals surface area contributed by atoms with Gasteiger partial charge in [-0.1, -0.05) is 13.3 Å². The number of aromatic amines is 1. The zero-order chi connectivity index (χ0) is 18.6. The van der Waals surface area contributed by atoms with Gasteiger partial charge in [0.25, 0.3) is 0 Å². The summed E-state index contributed by atoms with van der Waals surface area (Å²) in [5.41, 5.74) is 2.52. The molecule has 1 aliphatic heterocycles. The Morgan fingerprint density at radius 3 is 2.85 bits per heavy atom. The smallest absolute Gasteiger partial charge is 0.214 e. The molecule has 3 aromatic rings. The van der Waals surface area contributed by atoms with Gasteiger partial charge in [0.1, 0.15) is 5.82 Å². The highest BCUT2D eigenvalue weighted by atomic mass is 32.2. The Balaban J connectivity index is 1.47. The second-order valence-corrected chi connectivity index (χ2v) is 9.88. The molecule has 0 radical (unpaired) electrons. The summed E-state index contributed by atoms with van der Waals surface area (Å²) in [5, 5.41) is 8.82. The molecule has 1 unspecified atom stereocenters. The molecule has 0 spiro atoms. The fourth-order valence-electron chi connectivity index (χ4n) is 4.75. The summed E-state index contributed by atoms with van der Waals surface area (Å²) >= 11 is 0. The molecule has 3 aromatic heterocycles. The minimum Gasteiger partial charge on any atom is -0.345 e. The average Bonchev–Trinajstić information content (AvgIpc) is 3.28. The van der Waals surface area contributed by atoms with Crippen molar-refractivity contribution in [1.82, 2.24) is 28.9 Å². The Hall–Kier alpha value is -2.00. The molecule has 0 aromatic carbocycles. The van der Waals surface area contributed by atoms with E-state index in [0.29, 0.717) is 19.0 Å². The third-order valence-electron chi connectivity index (χ3n) is 6.27. The fourth-order valence-corrected chi connectivity index (χ4v) is 6.64. The highest BCUT2D eigenvalue weighted by Crippen LogP contribution is 2.45. The normalized spacial score (nSPS) is 26.8. The first-order valence-electron chi connectivity index (χ1n) is 9.71. The van der Waals surface area contributed by atoms with Gasteiger partial charge in [-0.2, -0.15) is 0 Å². The van der Waals surface area contributed by atoms with Crippen LogP contribution in [0.25, 0.3) is 16.8 Å². The van der Waals surface area contributed by atoms with Gasteiger partial charge >= 0.3 is 0 Å². The lowest BCUT2D eigenvalue weighted by Gasteiger charge is -2.30. The van der Waals surface area contributed by atoms with Gasteiger partial charge in [-0.3, -0.25) is 4.40 Å². The third kappa shape index (κ3) is 2.75. The lowest BCUT2D eigenvalue weighted by Crippen LogP contribution is -2.44. The highest BCUT2D eigenvalue weighted by Gasteiger charge is 2.40. The van der Waals surface area contributed by atoms with E-state index in [1.54, 1.807) is 10.5 Å². The summed E-state index contributed by atoms with van der Waals surface area (Å²) in [6.07, 6.45) is 7.38. The quantitative estimate of drug-likeness (QED) is 0.722. The molecule has 2 fully saturated rings. The van der Waals surface area contributed by atoms with E-state index in [1.807, 2.05) is 12.3 Å². The second-order valence-electron chi connectivity index (χ2n) is 7.86. The monoisotopic (exact) mass is 388 g/mol. The number of aromatic nitrogens is 5. The molecular weight excluding hydrogens is 364 g/mol. The van der Waals surface area contributed by atoms with Crippen molar-refractivity contribution < 1.29 is 8.42 Å². The van der Waals surface area contributed by atoms with Crippen molar-refractivity contribution in [3.05, 3.63) is 24.3 Å². The number of hydrogen-bond donors (Lipinski definition) is 1. The fraction of sp³-hybridized carbons (Fsp3) is 0.611. The molecule has 27 heavy (non-hydrogen) atoms. The molecule has 1 saturated carbocycles. The standard InChI is InChI=1S/C18H24N6O2S/c1-2-13-8-12(11-27(25,26)23-6-3-7-23)9-14(13)18-22-21-16-10-20-17-15(24(16)18)4-5-19-17/h4-5,10,12-14,19H,2-3,6-9,11H2,1H3/t12-,13+,14?/m0/s1. The molecule has 144 valence electrons. The van der Waals surface area contributed by atoms with Crippen LogP contribution in [0.4, 0.5) is 0 Å². The third-order valence-corrected chi connectivity index (χ3v) is 8.31. The van der Waals surface area contributed by atoms with E-state index in [9.17, 15) is 8.42 Å². The zero-order valence-corrected chi connectivity index (χ0v) is 16.2. The molecule has 4 heterocycles. The Labute approximate surface area is 158 Å². The van der Waals surface area contributed by atoms with E-state index in [0.717, 1.165) is 48.3 Å². The molecule has 1 aliphatic carbocycles. The Morgan fingerprint density at radius 2 is 2.11 bits per heavy atom. The maximum absolute atomic E-state index is 12.6. The van der Waals surface area contributed by atoms with Crippen LogP contribution in [-0.4, -0.2) is 56.1 Å². The van der Waals surface area contributed by atoms with Crippen molar-refractivity contribution >= 4 is 26.8 Å². The topological polar surface area (TPSA) is 96.2 Å². The molecule has 1 N–H and O–H groups in total. The van der Waals surface area contributed by atoms with Gasteiger partial charge in [0.15, 0.2) is 11.3 Å². The van der Waals surface area contributed by atoms with Gasteiger partial charge in [0, 0.05) is 25.2 Å². The van der Waals surface area contributed by atoms with Gasteiger partial charge < -0.3 is 4.98 Å². The number of fused-ring (bicyclic) bond motifs is 3.